The van der Waals surface area contributed by atoms with Gasteiger partial charge in [-0.2, -0.15) is 0 Å². The summed E-state index contributed by atoms with van der Waals surface area (Å²) in [6, 6.07) is 4.43. The molecule has 0 bridgehead atoms. The molecule has 0 spiro atoms. The third-order valence-electron chi connectivity index (χ3n) is 3.28. The molecule has 0 aliphatic carbocycles. The molecule has 1 saturated heterocycles. The van der Waals surface area contributed by atoms with Gasteiger partial charge in [0, 0.05) is 23.4 Å². The quantitative estimate of drug-likeness (QED) is 0.756. The fourth-order valence-electron chi connectivity index (χ4n) is 2.12. The van der Waals surface area contributed by atoms with Crippen LogP contribution in [0.15, 0.2) is 22.7 Å². The highest BCUT2D eigenvalue weighted by atomic mass is 79.9. The minimum Gasteiger partial charge on any atom is -0.339 e. The topological polar surface area (TPSA) is 20.3 Å². The fourth-order valence-corrected chi connectivity index (χ4v) is 2.79. The van der Waals surface area contributed by atoms with Crippen LogP contribution in [0.1, 0.15) is 23.2 Å². The van der Waals surface area contributed by atoms with E-state index in [-0.39, 0.29) is 11.5 Å². The van der Waals surface area contributed by atoms with Crippen molar-refractivity contribution in [2.75, 3.05) is 19.0 Å². The second kappa shape index (κ2) is 6.02. The average molecular weight is 335 g/mol. The first kappa shape index (κ1) is 13.8. The Bertz CT molecular complexity index is 447. The molecule has 0 aromatic heterocycles. The van der Waals surface area contributed by atoms with Crippen molar-refractivity contribution >= 4 is 33.4 Å². The van der Waals surface area contributed by atoms with Crippen molar-refractivity contribution in [3.8, 4) is 0 Å². The van der Waals surface area contributed by atoms with Gasteiger partial charge in [0.25, 0.3) is 5.91 Å². The molecule has 18 heavy (non-hydrogen) atoms. The van der Waals surface area contributed by atoms with Gasteiger partial charge in [-0.3, -0.25) is 4.79 Å². The minimum atomic E-state index is -0.470. The van der Waals surface area contributed by atoms with Crippen molar-refractivity contribution in [3.63, 3.8) is 0 Å². The lowest BCUT2D eigenvalue weighted by Gasteiger charge is -2.31. The summed E-state index contributed by atoms with van der Waals surface area (Å²) in [6.45, 7) is 1.31. The lowest BCUT2D eigenvalue weighted by atomic mass is 9.98. The largest absolute Gasteiger partial charge is 0.339 e. The molecule has 2 rings (SSSR count). The number of halogens is 3. The van der Waals surface area contributed by atoms with Gasteiger partial charge < -0.3 is 4.90 Å². The summed E-state index contributed by atoms with van der Waals surface area (Å²) in [7, 11) is 0. The Morgan fingerprint density at radius 3 is 2.72 bits per heavy atom. The molecule has 1 aliphatic heterocycles. The third kappa shape index (κ3) is 3.04. The van der Waals surface area contributed by atoms with Gasteiger partial charge in [-0.25, -0.2) is 4.39 Å². The Labute approximate surface area is 119 Å². The van der Waals surface area contributed by atoms with Crippen molar-refractivity contribution in [2.24, 2.45) is 5.92 Å². The van der Waals surface area contributed by atoms with Gasteiger partial charge in [-0.15, -0.1) is 11.6 Å². The van der Waals surface area contributed by atoms with E-state index in [9.17, 15) is 9.18 Å². The van der Waals surface area contributed by atoms with E-state index in [1.165, 1.54) is 12.1 Å². The summed E-state index contributed by atoms with van der Waals surface area (Å²) in [5.41, 5.74) is 0.133. The molecule has 0 atom stereocenters. The number of hydrogen-bond acceptors (Lipinski definition) is 1. The lowest BCUT2D eigenvalue weighted by molar-refractivity contribution is 0.0693. The maximum absolute atomic E-state index is 13.6. The predicted octanol–water partition coefficient (Wildman–Crippen LogP) is 3.68. The highest BCUT2D eigenvalue weighted by Crippen LogP contribution is 2.22. The molecule has 1 aromatic carbocycles. The molecule has 1 aromatic rings. The molecule has 2 nitrogen and oxygen atoms in total. The Hall–Kier alpha value is -0.610. The molecular weight excluding hydrogens is 321 g/mol. The number of alkyl halides is 1. The van der Waals surface area contributed by atoms with Crippen LogP contribution in [-0.2, 0) is 0 Å². The van der Waals surface area contributed by atoms with E-state index in [0.29, 0.717) is 29.4 Å². The Kier molecular flexibility index (Phi) is 4.62. The zero-order valence-electron chi connectivity index (χ0n) is 9.83. The van der Waals surface area contributed by atoms with E-state index in [1.54, 1.807) is 11.0 Å². The molecular formula is C13H14BrClFNO. The van der Waals surface area contributed by atoms with Crippen molar-refractivity contribution in [3.05, 3.63) is 34.1 Å². The summed E-state index contributed by atoms with van der Waals surface area (Å²) in [4.78, 5) is 13.9. The van der Waals surface area contributed by atoms with Crippen molar-refractivity contribution in [2.45, 2.75) is 12.8 Å². The maximum Gasteiger partial charge on any atom is 0.256 e. The molecule has 1 amide bonds. The molecule has 1 aliphatic rings. The van der Waals surface area contributed by atoms with E-state index in [1.807, 2.05) is 0 Å². The zero-order chi connectivity index (χ0) is 13.1. The van der Waals surface area contributed by atoms with Gasteiger partial charge >= 0.3 is 0 Å². The highest BCUT2D eigenvalue weighted by molar-refractivity contribution is 9.10. The number of benzene rings is 1. The number of carbonyl (C=O) groups is 1. The maximum atomic E-state index is 13.6. The Morgan fingerprint density at radius 1 is 1.44 bits per heavy atom. The molecule has 5 heteroatoms. The molecule has 0 saturated carbocycles. The van der Waals surface area contributed by atoms with Crippen LogP contribution in [0.4, 0.5) is 4.39 Å². The molecule has 0 N–H and O–H groups in total. The standard InChI is InChI=1S/C13H14BrClFNO/c14-10-1-2-12(16)11(7-10)13(18)17-5-3-9(8-15)4-6-17/h1-2,7,9H,3-6,8H2. The van der Waals surface area contributed by atoms with Gasteiger partial charge in [-0.1, -0.05) is 15.9 Å². The smallest absolute Gasteiger partial charge is 0.256 e. The van der Waals surface area contributed by atoms with Crippen molar-refractivity contribution in [1.29, 1.82) is 0 Å². The molecule has 0 unspecified atom stereocenters. The van der Waals surface area contributed by atoms with Crippen LogP contribution >= 0.6 is 27.5 Å². The van der Waals surface area contributed by atoms with Crippen LogP contribution in [-0.4, -0.2) is 29.8 Å². The summed E-state index contributed by atoms with van der Waals surface area (Å²) < 4.78 is 14.3. The summed E-state index contributed by atoms with van der Waals surface area (Å²) in [6.07, 6.45) is 1.79. The normalized spacial score (nSPS) is 16.9. The Morgan fingerprint density at radius 2 is 2.11 bits per heavy atom. The average Bonchev–Trinajstić information content (AvgIpc) is 2.41. The van der Waals surface area contributed by atoms with Gasteiger partial charge in [-0.05, 0) is 37.0 Å². The predicted molar refractivity (Wildman–Crippen MR) is 73.4 cm³/mol. The summed E-state index contributed by atoms with van der Waals surface area (Å²) in [5, 5.41) is 0. The first-order chi connectivity index (χ1) is 8.61. The number of likely N-dealkylation sites (tertiary alicyclic amines) is 1. The van der Waals surface area contributed by atoms with E-state index >= 15 is 0 Å². The molecule has 0 radical (unpaired) electrons. The van der Waals surface area contributed by atoms with E-state index < -0.39 is 5.82 Å². The minimum absolute atomic E-state index is 0.133. The van der Waals surface area contributed by atoms with Crippen LogP contribution in [0.25, 0.3) is 0 Å². The van der Waals surface area contributed by atoms with Crippen LogP contribution < -0.4 is 0 Å². The lowest BCUT2D eigenvalue weighted by Crippen LogP contribution is -2.39. The summed E-state index contributed by atoms with van der Waals surface area (Å²) in [5.74, 6) is 0.403. The van der Waals surface area contributed by atoms with E-state index in [0.717, 1.165) is 12.8 Å². The van der Waals surface area contributed by atoms with Gasteiger partial charge in [0.05, 0.1) is 5.56 Å². The molecule has 1 fully saturated rings. The number of piperidine rings is 1. The fraction of sp³-hybridized carbons (Fsp3) is 0.462. The van der Waals surface area contributed by atoms with Crippen LogP contribution in [0.3, 0.4) is 0 Å². The van der Waals surface area contributed by atoms with Crippen LogP contribution in [0.2, 0.25) is 0 Å². The van der Waals surface area contributed by atoms with Crippen molar-refractivity contribution < 1.29 is 9.18 Å². The first-order valence-electron chi connectivity index (χ1n) is 5.92. The first-order valence-corrected chi connectivity index (χ1v) is 7.25. The number of amides is 1. The molecule has 1 heterocycles. The number of rotatable bonds is 2. The highest BCUT2D eigenvalue weighted by Gasteiger charge is 2.24. The third-order valence-corrected chi connectivity index (χ3v) is 4.21. The van der Waals surface area contributed by atoms with Gasteiger partial charge in [0.1, 0.15) is 5.82 Å². The van der Waals surface area contributed by atoms with E-state index in [2.05, 4.69) is 15.9 Å². The zero-order valence-corrected chi connectivity index (χ0v) is 12.2. The van der Waals surface area contributed by atoms with Crippen molar-refractivity contribution in [1.82, 2.24) is 4.90 Å². The second-order valence-electron chi connectivity index (χ2n) is 4.51. The van der Waals surface area contributed by atoms with Gasteiger partial charge in [0.2, 0.25) is 0 Å². The summed E-state index contributed by atoms with van der Waals surface area (Å²) >= 11 is 9.06. The van der Waals surface area contributed by atoms with E-state index in [4.69, 9.17) is 11.6 Å². The van der Waals surface area contributed by atoms with Crippen LogP contribution in [0.5, 0.6) is 0 Å². The molecule has 98 valence electrons. The van der Waals surface area contributed by atoms with Gasteiger partial charge in [0.15, 0.2) is 0 Å². The number of hydrogen-bond donors (Lipinski definition) is 0. The van der Waals surface area contributed by atoms with Crippen LogP contribution in [0, 0.1) is 11.7 Å². The Balaban J connectivity index is 2.10. The number of nitrogens with zero attached hydrogens (tertiary/aromatic N) is 1. The second-order valence-corrected chi connectivity index (χ2v) is 5.74. The SMILES string of the molecule is O=C(c1cc(Br)ccc1F)N1CCC(CCl)CC1. The monoisotopic (exact) mass is 333 g/mol. The number of carbonyl (C=O) groups excluding carboxylic acids is 1.